The molecule has 0 radical (unpaired) electrons. The zero-order valence-corrected chi connectivity index (χ0v) is 8.90. The van der Waals surface area contributed by atoms with Gasteiger partial charge in [-0.25, -0.2) is 4.39 Å². The second kappa shape index (κ2) is 5.49. The van der Waals surface area contributed by atoms with Gasteiger partial charge in [0.15, 0.2) is 0 Å². The first kappa shape index (κ1) is 14.4. The molecule has 0 spiro atoms. The summed E-state index contributed by atoms with van der Waals surface area (Å²) in [6.45, 7) is 5.64. The van der Waals surface area contributed by atoms with Gasteiger partial charge in [0.2, 0.25) is 5.67 Å². The van der Waals surface area contributed by atoms with Crippen molar-refractivity contribution in [2.45, 2.75) is 32.1 Å². The molecular formula is C10H16F4O. The highest BCUT2D eigenvalue weighted by molar-refractivity contribution is 5.02. The molecule has 0 aliphatic heterocycles. The van der Waals surface area contributed by atoms with Gasteiger partial charge in [-0.2, -0.15) is 13.2 Å². The molecule has 2 unspecified atom stereocenters. The normalized spacial score (nSPS) is 18.3. The molecule has 15 heavy (non-hydrogen) atoms. The largest absolute Gasteiger partial charge is 0.428 e. The third kappa shape index (κ3) is 4.20. The molecule has 0 bridgehead atoms. The monoisotopic (exact) mass is 228 g/mol. The van der Waals surface area contributed by atoms with E-state index in [0.717, 1.165) is 6.42 Å². The summed E-state index contributed by atoms with van der Waals surface area (Å²) in [5.41, 5.74) is -3.44. The Hall–Kier alpha value is -0.580. The minimum atomic E-state index is -4.97. The third-order valence-electron chi connectivity index (χ3n) is 2.21. The van der Waals surface area contributed by atoms with Crippen LogP contribution in [0.5, 0.6) is 0 Å². The Labute approximate surface area is 87.1 Å². The van der Waals surface area contributed by atoms with E-state index in [-0.39, 0.29) is 18.6 Å². The lowest BCUT2D eigenvalue weighted by Gasteiger charge is -2.24. The zero-order chi connectivity index (χ0) is 12.1. The van der Waals surface area contributed by atoms with Crippen LogP contribution in [0, 0.1) is 5.92 Å². The lowest BCUT2D eigenvalue weighted by atomic mass is 10.1. The predicted octanol–water partition coefficient (Wildman–Crippen LogP) is 3.51. The maximum Gasteiger partial charge on any atom is 0.428 e. The van der Waals surface area contributed by atoms with Gasteiger partial charge in [-0.05, 0) is 12.0 Å². The fourth-order valence-electron chi connectivity index (χ4n) is 0.783. The van der Waals surface area contributed by atoms with E-state index in [1.54, 1.807) is 0 Å². The van der Waals surface area contributed by atoms with Crippen LogP contribution in [0.3, 0.4) is 0 Å². The number of halogens is 4. The molecule has 0 saturated heterocycles. The highest BCUT2D eigenvalue weighted by Gasteiger charge is 2.54. The van der Waals surface area contributed by atoms with Gasteiger partial charge in [-0.1, -0.05) is 26.8 Å². The average molecular weight is 228 g/mol. The Morgan fingerprint density at radius 2 is 1.87 bits per heavy atom. The molecule has 1 nitrogen and oxygen atoms in total. The van der Waals surface area contributed by atoms with Crippen molar-refractivity contribution >= 4 is 0 Å². The summed E-state index contributed by atoms with van der Waals surface area (Å²) in [6.07, 6.45) is -3.95. The van der Waals surface area contributed by atoms with Gasteiger partial charge in [0.25, 0.3) is 0 Å². The third-order valence-corrected chi connectivity index (χ3v) is 2.21. The van der Waals surface area contributed by atoms with Crippen molar-refractivity contribution in [3.8, 4) is 0 Å². The molecule has 0 fully saturated rings. The molecule has 0 saturated carbocycles. The molecule has 0 aromatic rings. The molecule has 0 aromatic carbocycles. The number of alkyl halides is 4. The fraction of sp³-hybridized carbons (Fsp3) is 0.800. The van der Waals surface area contributed by atoms with Crippen LogP contribution in [0.2, 0.25) is 0 Å². The molecule has 2 atom stereocenters. The molecule has 0 amide bonds. The van der Waals surface area contributed by atoms with E-state index >= 15 is 0 Å². The van der Waals surface area contributed by atoms with Gasteiger partial charge in [-0.15, -0.1) is 0 Å². The summed E-state index contributed by atoms with van der Waals surface area (Å²) in [5, 5.41) is 0. The SMILES string of the molecule is C=CC(F)(COCC(C)CC)C(F)(F)F. The van der Waals surface area contributed by atoms with Crippen molar-refractivity contribution in [1.82, 2.24) is 0 Å². The standard InChI is InChI=1S/C10H16F4O/c1-4-8(3)6-15-7-9(11,5-2)10(12,13)14/h5,8H,2,4,6-7H2,1,3H3. The van der Waals surface area contributed by atoms with E-state index in [2.05, 4.69) is 6.58 Å². The number of ether oxygens (including phenoxy) is 1. The second-order valence-electron chi connectivity index (χ2n) is 3.59. The van der Waals surface area contributed by atoms with Crippen LogP contribution in [0.25, 0.3) is 0 Å². The average Bonchev–Trinajstić information content (AvgIpc) is 2.15. The van der Waals surface area contributed by atoms with Crippen molar-refractivity contribution in [2.24, 2.45) is 5.92 Å². The molecule has 0 N–H and O–H groups in total. The van der Waals surface area contributed by atoms with E-state index in [1.165, 1.54) is 0 Å². The predicted molar refractivity (Wildman–Crippen MR) is 50.4 cm³/mol. The Morgan fingerprint density at radius 1 is 1.33 bits per heavy atom. The minimum absolute atomic E-state index is 0.117. The summed E-state index contributed by atoms with van der Waals surface area (Å²) in [5.74, 6) is 0.118. The first-order valence-electron chi connectivity index (χ1n) is 4.73. The number of hydrogen-bond donors (Lipinski definition) is 0. The summed E-state index contributed by atoms with van der Waals surface area (Å²) in [6, 6.07) is 0. The Bertz CT molecular complexity index is 202. The molecule has 5 heteroatoms. The minimum Gasteiger partial charge on any atom is -0.377 e. The fourth-order valence-corrected chi connectivity index (χ4v) is 0.783. The quantitative estimate of drug-likeness (QED) is 0.499. The van der Waals surface area contributed by atoms with Crippen molar-refractivity contribution in [3.05, 3.63) is 12.7 Å². The van der Waals surface area contributed by atoms with Gasteiger partial charge < -0.3 is 4.74 Å². The first-order chi connectivity index (χ1) is 6.77. The van der Waals surface area contributed by atoms with Crippen LogP contribution in [0.1, 0.15) is 20.3 Å². The molecule has 0 aliphatic carbocycles. The molecule has 0 heterocycles. The van der Waals surface area contributed by atoms with Crippen LogP contribution in [0.15, 0.2) is 12.7 Å². The lowest BCUT2D eigenvalue weighted by Crippen LogP contribution is -2.43. The highest BCUT2D eigenvalue weighted by atomic mass is 19.4. The smallest absolute Gasteiger partial charge is 0.377 e. The first-order valence-corrected chi connectivity index (χ1v) is 4.73. The molecule has 90 valence electrons. The van der Waals surface area contributed by atoms with Crippen molar-refractivity contribution in [2.75, 3.05) is 13.2 Å². The Kier molecular flexibility index (Phi) is 5.28. The molecular weight excluding hydrogens is 212 g/mol. The Morgan fingerprint density at radius 3 is 2.20 bits per heavy atom. The van der Waals surface area contributed by atoms with Gasteiger partial charge in [0, 0.05) is 6.61 Å². The lowest BCUT2D eigenvalue weighted by molar-refractivity contribution is -0.227. The number of hydrogen-bond acceptors (Lipinski definition) is 1. The molecule has 0 aromatic heterocycles. The van der Waals surface area contributed by atoms with Crippen LogP contribution in [-0.4, -0.2) is 25.1 Å². The summed E-state index contributed by atoms with van der Waals surface area (Å²) < 4.78 is 54.5. The summed E-state index contributed by atoms with van der Waals surface area (Å²) in [4.78, 5) is 0. The van der Waals surface area contributed by atoms with Crippen LogP contribution >= 0.6 is 0 Å². The van der Waals surface area contributed by atoms with E-state index in [0.29, 0.717) is 0 Å². The maximum atomic E-state index is 13.2. The van der Waals surface area contributed by atoms with E-state index in [4.69, 9.17) is 4.74 Å². The van der Waals surface area contributed by atoms with E-state index in [1.807, 2.05) is 13.8 Å². The topological polar surface area (TPSA) is 9.23 Å². The van der Waals surface area contributed by atoms with Gasteiger partial charge >= 0.3 is 6.18 Å². The summed E-state index contributed by atoms with van der Waals surface area (Å²) >= 11 is 0. The maximum absolute atomic E-state index is 13.2. The van der Waals surface area contributed by atoms with Crippen molar-refractivity contribution in [3.63, 3.8) is 0 Å². The van der Waals surface area contributed by atoms with E-state index < -0.39 is 18.5 Å². The van der Waals surface area contributed by atoms with Gasteiger partial charge in [0.05, 0.1) is 6.61 Å². The van der Waals surface area contributed by atoms with Gasteiger partial charge in [-0.3, -0.25) is 0 Å². The number of rotatable bonds is 6. The van der Waals surface area contributed by atoms with Gasteiger partial charge in [0.1, 0.15) is 0 Å². The highest BCUT2D eigenvalue weighted by Crippen LogP contribution is 2.35. The van der Waals surface area contributed by atoms with Crippen LogP contribution < -0.4 is 0 Å². The Balaban J connectivity index is 4.17. The zero-order valence-electron chi connectivity index (χ0n) is 8.90. The van der Waals surface area contributed by atoms with Crippen molar-refractivity contribution < 1.29 is 22.3 Å². The summed E-state index contributed by atoms with van der Waals surface area (Å²) in [7, 11) is 0. The van der Waals surface area contributed by atoms with Crippen LogP contribution in [0.4, 0.5) is 17.6 Å². The van der Waals surface area contributed by atoms with Crippen LogP contribution in [-0.2, 0) is 4.74 Å². The molecule has 0 aliphatic rings. The van der Waals surface area contributed by atoms with Crippen molar-refractivity contribution in [1.29, 1.82) is 0 Å². The second-order valence-corrected chi connectivity index (χ2v) is 3.59. The molecule has 0 rings (SSSR count). The van der Waals surface area contributed by atoms with E-state index in [9.17, 15) is 17.6 Å².